The fourth-order valence-electron chi connectivity index (χ4n) is 2.56. The summed E-state index contributed by atoms with van der Waals surface area (Å²) in [7, 11) is 0.152. The Morgan fingerprint density at radius 3 is 2.33 bits per heavy atom. The van der Waals surface area contributed by atoms with Crippen LogP contribution in [0.3, 0.4) is 0 Å². The normalized spacial score (nSPS) is 10.7. The molecule has 2 rings (SSSR count). The predicted molar refractivity (Wildman–Crippen MR) is 101 cm³/mol. The number of ether oxygens (including phenoxy) is 1. The van der Waals surface area contributed by atoms with E-state index in [-0.39, 0.29) is 34.4 Å². The van der Waals surface area contributed by atoms with Crippen molar-refractivity contribution >= 4 is 19.4 Å². The number of aryl methyl sites for hydroxylation is 3. The van der Waals surface area contributed by atoms with E-state index >= 15 is 0 Å². The standard InChI is InChI=1S/C20H25O2P.Li.H/c1-5-6-12-22-17-10-11-18(16(4)13-17)23-20(21)19-14(2)8-7-9-15(19)3;;/h7-11,13,23H,5-6,12H2,1-4H3;;/q;+1;-1. The molecule has 0 fully saturated rings. The van der Waals surface area contributed by atoms with Crippen molar-refractivity contribution in [2.75, 3.05) is 6.61 Å². The molecule has 0 radical (unpaired) electrons. The van der Waals surface area contributed by atoms with Crippen LogP contribution >= 0.6 is 8.58 Å². The first-order valence-corrected chi connectivity index (χ1v) is 9.14. The molecule has 2 aromatic rings. The molecule has 2 aromatic carbocycles. The van der Waals surface area contributed by atoms with Crippen LogP contribution < -0.4 is 28.9 Å². The van der Waals surface area contributed by atoms with Crippen molar-refractivity contribution in [3.63, 3.8) is 0 Å². The van der Waals surface area contributed by atoms with Crippen molar-refractivity contribution in [3.8, 4) is 5.75 Å². The van der Waals surface area contributed by atoms with Gasteiger partial charge in [0, 0.05) is 5.56 Å². The van der Waals surface area contributed by atoms with Gasteiger partial charge in [-0.05, 0) is 69.9 Å². The second kappa shape index (κ2) is 10.0. The molecule has 0 amide bonds. The summed E-state index contributed by atoms with van der Waals surface area (Å²) in [6, 6.07) is 12.0. The van der Waals surface area contributed by atoms with E-state index in [0.29, 0.717) is 0 Å². The number of unbranched alkanes of at least 4 members (excludes halogenated alkanes) is 1. The van der Waals surface area contributed by atoms with Crippen LogP contribution in [0.2, 0.25) is 0 Å². The van der Waals surface area contributed by atoms with Gasteiger partial charge in [0.15, 0.2) is 5.52 Å². The Bertz CT molecular complexity index is 684. The van der Waals surface area contributed by atoms with Crippen LogP contribution in [0.15, 0.2) is 36.4 Å². The summed E-state index contributed by atoms with van der Waals surface area (Å²) in [6.07, 6.45) is 2.19. The zero-order valence-electron chi connectivity index (χ0n) is 16.4. The summed E-state index contributed by atoms with van der Waals surface area (Å²) >= 11 is 0. The van der Waals surface area contributed by atoms with Gasteiger partial charge in [-0.3, -0.25) is 4.79 Å². The molecule has 0 aliphatic carbocycles. The van der Waals surface area contributed by atoms with Crippen LogP contribution in [-0.2, 0) is 0 Å². The number of hydrogen-bond donors (Lipinski definition) is 0. The molecule has 0 bridgehead atoms. The second-order valence-electron chi connectivity index (χ2n) is 5.90. The quantitative estimate of drug-likeness (QED) is 0.439. The number of carbonyl (C=O) groups excluding carboxylic acids is 1. The Labute approximate surface area is 160 Å². The third-order valence-corrected chi connectivity index (χ3v) is 5.23. The minimum absolute atomic E-state index is 0. The molecule has 4 heteroatoms. The third kappa shape index (κ3) is 5.49. The molecule has 0 N–H and O–H groups in total. The SMILES string of the molecule is CCCCOc1ccc(PC(=O)c2c(C)cccc2C)c(C)c1.[H-].[Li+]. The van der Waals surface area contributed by atoms with Crippen LogP contribution in [0, 0.1) is 20.8 Å². The molecule has 0 aliphatic heterocycles. The summed E-state index contributed by atoms with van der Waals surface area (Å²) in [5, 5.41) is 1.10. The van der Waals surface area contributed by atoms with E-state index in [1.54, 1.807) is 0 Å². The molecule has 0 spiro atoms. The van der Waals surface area contributed by atoms with Gasteiger partial charge in [-0.2, -0.15) is 0 Å². The van der Waals surface area contributed by atoms with Crippen molar-refractivity contribution in [3.05, 3.63) is 58.7 Å². The number of benzene rings is 2. The molecule has 1 atom stereocenters. The molecule has 124 valence electrons. The Morgan fingerprint density at radius 1 is 1.08 bits per heavy atom. The first-order chi connectivity index (χ1) is 11.0. The minimum atomic E-state index is 0. The maximum atomic E-state index is 12.7. The average molecular weight is 336 g/mol. The van der Waals surface area contributed by atoms with E-state index in [2.05, 4.69) is 6.92 Å². The Balaban J connectivity index is 0.00000288. The van der Waals surface area contributed by atoms with Crippen LogP contribution in [0.4, 0.5) is 0 Å². The first-order valence-electron chi connectivity index (χ1n) is 8.14. The summed E-state index contributed by atoms with van der Waals surface area (Å²) in [5.41, 5.74) is 4.31. The van der Waals surface area contributed by atoms with Gasteiger partial charge >= 0.3 is 18.9 Å². The molecule has 0 aromatic heterocycles. The Hall–Kier alpha value is -1.06. The van der Waals surface area contributed by atoms with Crippen molar-refractivity contribution in [1.82, 2.24) is 0 Å². The molecule has 0 aliphatic rings. The van der Waals surface area contributed by atoms with E-state index in [1.165, 1.54) is 0 Å². The van der Waals surface area contributed by atoms with Crippen molar-refractivity contribution in [2.45, 2.75) is 40.5 Å². The van der Waals surface area contributed by atoms with Gasteiger partial charge in [0.2, 0.25) is 0 Å². The second-order valence-corrected chi connectivity index (χ2v) is 7.14. The summed E-state index contributed by atoms with van der Waals surface area (Å²) in [4.78, 5) is 12.7. The number of rotatable bonds is 7. The summed E-state index contributed by atoms with van der Waals surface area (Å²) < 4.78 is 5.73. The molecule has 0 saturated carbocycles. The zero-order valence-corrected chi connectivity index (χ0v) is 16.4. The van der Waals surface area contributed by atoms with Gasteiger partial charge in [-0.1, -0.05) is 37.6 Å². The summed E-state index contributed by atoms with van der Waals surface area (Å²) in [6.45, 7) is 8.95. The van der Waals surface area contributed by atoms with Crippen LogP contribution in [0.5, 0.6) is 5.75 Å². The Kier molecular flexibility index (Phi) is 8.78. The topological polar surface area (TPSA) is 26.3 Å². The van der Waals surface area contributed by atoms with E-state index in [4.69, 9.17) is 4.74 Å². The fraction of sp³-hybridized carbons (Fsp3) is 0.350. The smallest absolute Gasteiger partial charge is 1.00 e. The van der Waals surface area contributed by atoms with Crippen LogP contribution in [0.1, 0.15) is 48.2 Å². The zero-order chi connectivity index (χ0) is 16.8. The monoisotopic (exact) mass is 336 g/mol. The minimum Gasteiger partial charge on any atom is -1.00 e. The average Bonchev–Trinajstić information content (AvgIpc) is 2.50. The molecule has 0 saturated heterocycles. The predicted octanol–water partition coefficient (Wildman–Crippen LogP) is 2.05. The van der Waals surface area contributed by atoms with E-state index in [0.717, 1.165) is 52.8 Å². The molecular formula is C20H26LiO2P. The number of carbonyl (C=O) groups is 1. The van der Waals surface area contributed by atoms with E-state index in [1.807, 2.05) is 57.2 Å². The molecule has 2 nitrogen and oxygen atoms in total. The van der Waals surface area contributed by atoms with Crippen molar-refractivity contribution in [2.24, 2.45) is 0 Å². The summed E-state index contributed by atoms with van der Waals surface area (Å²) in [5.74, 6) is 0.893. The van der Waals surface area contributed by atoms with Crippen LogP contribution in [-0.4, -0.2) is 12.1 Å². The molecular weight excluding hydrogens is 310 g/mol. The van der Waals surface area contributed by atoms with Gasteiger partial charge in [-0.25, -0.2) is 0 Å². The van der Waals surface area contributed by atoms with Gasteiger partial charge in [0.25, 0.3) is 0 Å². The first kappa shape index (κ1) is 21.0. The Morgan fingerprint density at radius 2 is 1.75 bits per heavy atom. The molecule has 24 heavy (non-hydrogen) atoms. The van der Waals surface area contributed by atoms with Gasteiger partial charge in [0.1, 0.15) is 5.75 Å². The van der Waals surface area contributed by atoms with Crippen molar-refractivity contribution < 1.29 is 29.8 Å². The maximum absolute atomic E-state index is 12.7. The van der Waals surface area contributed by atoms with Crippen molar-refractivity contribution in [1.29, 1.82) is 0 Å². The van der Waals surface area contributed by atoms with E-state index < -0.39 is 0 Å². The maximum Gasteiger partial charge on any atom is 1.00 e. The fourth-order valence-corrected chi connectivity index (χ4v) is 3.76. The molecule has 0 heterocycles. The third-order valence-electron chi connectivity index (χ3n) is 3.92. The number of hydrogen-bond acceptors (Lipinski definition) is 2. The van der Waals surface area contributed by atoms with Gasteiger partial charge in [0.05, 0.1) is 6.61 Å². The van der Waals surface area contributed by atoms with Crippen LogP contribution in [0.25, 0.3) is 0 Å². The van der Waals surface area contributed by atoms with Gasteiger partial charge < -0.3 is 6.16 Å². The largest absolute Gasteiger partial charge is 1.00 e. The molecule has 1 unspecified atom stereocenters. The van der Waals surface area contributed by atoms with Gasteiger partial charge in [-0.15, -0.1) is 0 Å². The van der Waals surface area contributed by atoms with E-state index in [9.17, 15) is 4.79 Å².